The number of carbonyl (C=O) groups is 1. The molecular formula is C22H30N4O3. The highest BCUT2D eigenvalue weighted by molar-refractivity contribution is 5.89. The molecule has 0 radical (unpaired) electrons. The summed E-state index contributed by atoms with van der Waals surface area (Å²) < 4.78 is 13.1. The minimum atomic E-state index is -0.0433. The van der Waals surface area contributed by atoms with E-state index in [0.717, 1.165) is 51.3 Å². The number of aromatic nitrogens is 2. The molecule has 1 amide bonds. The van der Waals surface area contributed by atoms with Gasteiger partial charge >= 0.3 is 0 Å². The fraction of sp³-hybridized carbons (Fsp3) is 0.545. The number of hydrogen-bond donors (Lipinski definition) is 1. The summed E-state index contributed by atoms with van der Waals surface area (Å²) in [7, 11) is 0. The lowest BCUT2D eigenvalue weighted by Gasteiger charge is -2.18. The molecule has 3 heterocycles. The standard InChI is InChI=1S/C22H30N4O3/c27-22(10-14-28-17-20-7-4-13-29-20)24-21-8-11-23-26(21)19-9-12-25(16-19)15-18-5-2-1-3-6-18/h1-3,5-6,8,11,19-20H,4,7,9-10,12-17H2,(H,24,27)/t19-,20-/m0/s1. The van der Waals surface area contributed by atoms with Crippen LogP contribution in [0.5, 0.6) is 0 Å². The highest BCUT2D eigenvalue weighted by Crippen LogP contribution is 2.25. The van der Waals surface area contributed by atoms with Gasteiger partial charge in [-0.25, -0.2) is 4.68 Å². The van der Waals surface area contributed by atoms with Crippen LogP contribution >= 0.6 is 0 Å². The number of anilines is 1. The average Bonchev–Trinajstić information content (AvgIpc) is 3.48. The summed E-state index contributed by atoms with van der Waals surface area (Å²) in [5, 5.41) is 7.46. The van der Waals surface area contributed by atoms with Gasteiger partial charge in [-0.3, -0.25) is 9.69 Å². The van der Waals surface area contributed by atoms with Crippen molar-refractivity contribution in [3.05, 3.63) is 48.2 Å². The fourth-order valence-electron chi connectivity index (χ4n) is 4.06. The zero-order chi connectivity index (χ0) is 19.9. The van der Waals surface area contributed by atoms with Crippen molar-refractivity contribution in [2.24, 2.45) is 0 Å². The van der Waals surface area contributed by atoms with Gasteiger partial charge in [0.1, 0.15) is 5.82 Å². The van der Waals surface area contributed by atoms with E-state index in [-0.39, 0.29) is 18.1 Å². The molecule has 1 aromatic heterocycles. The molecule has 7 heteroatoms. The van der Waals surface area contributed by atoms with Crippen molar-refractivity contribution in [1.82, 2.24) is 14.7 Å². The van der Waals surface area contributed by atoms with Gasteiger partial charge in [0.05, 0.1) is 38.0 Å². The molecule has 2 aliphatic heterocycles. The summed E-state index contributed by atoms with van der Waals surface area (Å²) in [5.41, 5.74) is 1.32. The first-order valence-corrected chi connectivity index (χ1v) is 10.6. The second-order valence-electron chi connectivity index (χ2n) is 7.83. The second kappa shape index (κ2) is 10.0. The van der Waals surface area contributed by atoms with E-state index in [9.17, 15) is 4.79 Å². The second-order valence-corrected chi connectivity index (χ2v) is 7.83. The van der Waals surface area contributed by atoms with Crippen molar-refractivity contribution in [1.29, 1.82) is 0 Å². The molecule has 7 nitrogen and oxygen atoms in total. The molecule has 0 unspecified atom stereocenters. The SMILES string of the molecule is O=C(CCOC[C@@H]1CCCO1)Nc1ccnn1[C@H]1CCN(Cc2ccccc2)C1. The number of nitrogens with one attached hydrogen (secondary N) is 1. The van der Waals surface area contributed by atoms with E-state index < -0.39 is 0 Å². The van der Waals surface area contributed by atoms with Gasteiger partial charge in [-0.15, -0.1) is 0 Å². The van der Waals surface area contributed by atoms with E-state index in [1.165, 1.54) is 5.56 Å². The zero-order valence-electron chi connectivity index (χ0n) is 16.8. The van der Waals surface area contributed by atoms with Crippen molar-refractivity contribution < 1.29 is 14.3 Å². The number of benzene rings is 1. The number of hydrogen-bond acceptors (Lipinski definition) is 5. The van der Waals surface area contributed by atoms with Crippen LogP contribution in [0.2, 0.25) is 0 Å². The number of nitrogens with zero attached hydrogens (tertiary/aromatic N) is 3. The van der Waals surface area contributed by atoms with Crippen molar-refractivity contribution in [3.8, 4) is 0 Å². The Labute approximate surface area is 172 Å². The molecule has 4 rings (SSSR count). The molecule has 0 spiro atoms. The first-order chi connectivity index (χ1) is 14.3. The summed E-state index contributed by atoms with van der Waals surface area (Å²) in [6, 6.07) is 12.7. The monoisotopic (exact) mass is 398 g/mol. The van der Waals surface area contributed by atoms with Crippen LogP contribution in [0.25, 0.3) is 0 Å². The third kappa shape index (κ3) is 5.65. The summed E-state index contributed by atoms with van der Waals surface area (Å²) in [6.45, 7) is 4.72. The van der Waals surface area contributed by atoms with E-state index in [1.807, 2.05) is 16.8 Å². The quantitative estimate of drug-likeness (QED) is 0.658. The van der Waals surface area contributed by atoms with Crippen LogP contribution in [-0.2, 0) is 20.8 Å². The third-order valence-corrected chi connectivity index (χ3v) is 5.58. The van der Waals surface area contributed by atoms with Crippen LogP contribution in [0, 0.1) is 0 Å². The van der Waals surface area contributed by atoms with Crippen LogP contribution in [0.4, 0.5) is 5.82 Å². The molecule has 2 saturated heterocycles. The fourth-order valence-corrected chi connectivity index (χ4v) is 4.06. The largest absolute Gasteiger partial charge is 0.378 e. The summed E-state index contributed by atoms with van der Waals surface area (Å²) >= 11 is 0. The van der Waals surface area contributed by atoms with Gasteiger partial charge in [0.2, 0.25) is 5.91 Å². The summed E-state index contributed by atoms with van der Waals surface area (Å²) in [6.07, 6.45) is 5.46. The number of likely N-dealkylation sites (tertiary alicyclic amines) is 1. The molecule has 2 aromatic rings. The molecule has 0 saturated carbocycles. The normalized spacial score (nSPS) is 22.2. The predicted molar refractivity (Wildman–Crippen MR) is 111 cm³/mol. The van der Waals surface area contributed by atoms with Gasteiger partial charge in [-0.2, -0.15) is 5.10 Å². The smallest absolute Gasteiger partial charge is 0.227 e. The van der Waals surface area contributed by atoms with Crippen molar-refractivity contribution in [2.45, 2.75) is 44.4 Å². The van der Waals surface area contributed by atoms with Gasteiger partial charge in [0.25, 0.3) is 0 Å². The molecule has 0 aliphatic carbocycles. The topological polar surface area (TPSA) is 68.6 Å². The number of ether oxygens (including phenoxy) is 2. The van der Waals surface area contributed by atoms with E-state index in [2.05, 4.69) is 39.6 Å². The van der Waals surface area contributed by atoms with Crippen LogP contribution in [0.3, 0.4) is 0 Å². The Morgan fingerprint density at radius 2 is 2.14 bits per heavy atom. The molecule has 1 aromatic carbocycles. The molecule has 156 valence electrons. The predicted octanol–water partition coefficient (Wildman–Crippen LogP) is 2.85. The van der Waals surface area contributed by atoms with Gasteiger partial charge < -0.3 is 14.8 Å². The lowest BCUT2D eigenvalue weighted by Crippen LogP contribution is -2.23. The maximum atomic E-state index is 12.3. The highest BCUT2D eigenvalue weighted by Gasteiger charge is 2.26. The molecule has 2 aliphatic rings. The Balaban J connectivity index is 1.22. The first kappa shape index (κ1) is 20.1. The minimum absolute atomic E-state index is 0.0433. The van der Waals surface area contributed by atoms with E-state index in [0.29, 0.717) is 19.6 Å². The Morgan fingerprint density at radius 1 is 1.24 bits per heavy atom. The number of amides is 1. The highest BCUT2D eigenvalue weighted by atomic mass is 16.5. The van der Waals surface area contributed by atoms with Crippen LogP contribution in [-0.4, -0.2) is 59.6 Å². The molecule has 2 atom stereocenters. The maximum absolute atomic E-state index is 12.3. The van der Waals surface area contributed by atoms with E-state index in [1.54, 1.807) is 6.20 Å². The van der Waals surface area contributed by atoms with Gasteiger partial charge in [0.15, 0.2) is 0 Å². The van der Waals surface area contributed by atoms with Gasteiger partial charge in [-0.05, 0) is 24.8 Å². The Morgan fingerprint density at radius 3 is 2.97 bits per heavy atom. The van der Waals surface area contributed by atoms with Crippen LogP contribution in [0.1, 0.15) is 37.3 Å². The average molecular weight is 399 g/mol. The molecular weight excluding hydrogens is 368 g/mol. The van der Waals surface area contributed by atoms with Crippen LogP contribution < -0.4 is 5.32 Å². The Bertz CT molecular complexity index is 773. The lowest BCUT2D eigenvalue weighted by molar-refractivity contribution is -0.117. The minimum Gasteiger partial charge on any atom is -0.378 e. The van der Waals surface area contributed by atoms with E-state index >= 15 is 0 Å². The van der Waals surface area contributed by atoms with Gasteiger partial charge in [-0.1, -0.05) is 30.3 Å². The Hall–Kier alpha value is -2.22. The number of rotatable bonds is 9. The molecule has 1 N–H and O–H groups in total. The van der Waals surface area contributed by atoms with Crippen molar-refractivity contribution in [3.63, 3.8) is 0 Å². The molecule has 0 bridgehead atoms. The summed E-state index contributed by atoms with van der Waals surface area (Å²) in [5.74, 6) is 0.721. The molecule has 29 heavy (non-hydrogen) atoms. The Kier molecular flexibility index (Phi) is 6.92. The van der Waals surface area contributed by atoms with E-state index in [4.69, 9.17) is 9.47 Å². The van der Waals surface area contributed by atoms with Crippen molar-refractivity contribution >= 4 is 11.7 Å². The maximum Gasteiger partial charge on any atom is 0.227 e. The lowest BCUT2D eigenvalue weighted by atomic mass is 10.2. The number of carbonyl (C=O) groups excluding carboxylic acids is 1. The van der Waals surface area contributed by atoms with Gasteiger partial charge in [0, 0.05) is 32.3 Å². The first-order valence-electron chi connectivity index (χ1n) is 10.6. The van der Waals surface area contributed by atoms with Crippen molar-refractivity contribution in [2.75, 3.05) is 38.2 Å². The third-order valence-electron chi connectivity index (χ3n) is 5.58. The summed E-state index contributed by atoms with van der Waals surface area (Å²) in [4.78, 5) is 14.7. The zero-order valence-corrected chi connectivity index (χ0v) is 16.8. The van der Waals surface area contributed by atoms with Crippen LogP contribution in [0.15, 0.2) is 42.6 Å². The molecule has 2 fully saturated rings.